The first-order valence-electron chi connectivity index (χ1n) is 11.9. The summed E-state index contributed by atoms with van der Waals surface area (Å²) in [5, 5.41) is 13.3. The molecular weight excluding hydrogens is 478 g/mol. The maximum Gasteiger partial charge on any atom is 0.313 e. The van der Waals surface area contributed by atoms with Gasteiger partial charge in [-0.15, -0.1) is 10.1 Å². The first-order valence-corrected chi connectivity index (χ1v) is 11.9. The molecule has 1 amide bonds. The second-order valence-corrected chi connectivity index (χ2v) is 8.63. The van der Waals surface area contributed by atoms with Gasteiger partial charge >= 0.3 is 5.97 Å². The van der Waals surface area contributed by atoms with Crippen molar-refractivity contribution >= 4 is 34.5 Å². The van der Waals surface area contributed by atoms with Crippen molar-refractivity contribution in [2.45, 2.75) is 38.2 Å². The number of benzene rings is 2. The molecule has 10 heteroatoms. The van der Waals surface area contributed by atoms with Crippen molar-refractivity contribution in [1.82, 2.24) is 4.98 Å². The number of nitrogens with zero attached hydrogens (tertiary/aromatic N) is 2. The molecule has 1 atom stereocenters. The number of anilines is 1. The molecule has 1 aromatic heterocycles. The Bertz CT molecular complexity index is 1320. The number of nitrogens with one attached hydrogen (secondary N) is 1. The average molecular weight is 506 g/mol. The highest BCUT2D eigenvalue weighted by atomic mass is 17.0. The molecule has 0 saturated carbocycles. The van der Waals surface area contributed by atoms with Crippen LogP contribution in [0.25, 0.3) is 17.0 Å². The number of fused-ring (bicyclic) bond motifs is 2. The van der Waals surface area contributed by atoms with Crippen molar-refractivity contribution in [3.05, 3.63) is 81.5 Å². The van der Waals surface area contributed by atoms with Crippen molar-refractivity contribution in [3.8, 4) is 5.75 Å². The highest BCUT2D eigenvalue weighted by molar-refractivity contribution is 6.06. The molecule has 0 spiro atoms. The second-order valence-electron chi connectivity index (χ2n) is 8.63. The molecule has 0 aliphatic heterocycles. The van der Waals surface area contributed by atoms with Crippen molar-refractivity contribution < 1.29 is 29.0 Å². The van der Waals surface area contributed by atoms with E-state index >= 15 is 0 Å². The number of aromatic nitrogens is 1. The number of carbonyl (C=O) groups is 2. The van der Waals surface area contributed by atoms with E-state index in [1.165, 1.54) is 25.2 Å². The fourth-order valence-electron chi connectivity index (χ4n) is 4.13. The largest absolute Gasteiger partial charge is 0.426 e. The van der Waals surface area contributed by atoms with Gasteiger partial charge in [-0.1, -0.05) is 24.3 Å². The summed E-state index contributed by atoms with van der Waals surface area (Å²) in [6, 6.07) is 14.5. The summed E-state index contributed by atoms with van der Waals surface area (Å²) in [7, 11) is 1.32. The van der Waals surface area contributed by atoms with E-state index in [9.17, 15) is 19.7 Å². The topological polar surface area (TPSA) is 130 Å². The Morgan fingerprint density at radius 1 is 1.16 bits per heavy atom. The van der Waals surface area contributed by atoms with Crippen molar-refractivity contribution in [2.24, 2.45) is 0 Å². The maximum atomic E-state index is 12.6. The quantitative estimate of drug-likeness (QED) is 0.142. The monoisotopic (exact) mass is 505 g/mol. The van der Waals surface area contributed by atoms with E-state index in [1.54, 1.807) is 30.3 Å². The summed E-state index contributed by atoms with van der Waals surface area (Å²) in [6.07, 6.45) is 6.38. The summed E-state index contributed by atoms with van der Waals surface area (Å²) < 4.78 is 10.2. The van der Waals surface area contributed by atoms with Gasteiger partial charge < -0.3 is 19.6 Å². The predicted molar refractivity (Wildman–Crippen MR) is 136 cm³/mol. The van der Waals surface area contributed by atoms with Crippen LogP contribution in [-0.2, 0) is 32.0 Å². The van der Waals surface area contributed by atoms with Gasteiger partial charge in [0.15, 0.2) is 0 Å². The van der Waals surface area contributed by atoms with E-state index in [0.29, 0.717) is 11.4 Å². The van der Waals surface area contributed by atoms with Gasteiger partial charge in [-0.2, -0.15) is 0 Å². The Labute approximate surface area is 213 Å². The highest BCUT2D eigenvalue weighted by Gasteiger charge is 2.17. The van der Waals surface area contributed by atoms with Crippen LogP contribution in [0.15, 0.2) is 54.6 Å². The number of hydrogen-bond donors (Lipinski definition) is 1. The molecule has 10 nitrogen and oxygen atoms in total. The lowest BCUT2D eigenvalue weighted by Crippen LogP contribution is -2.25. The number of ether oxygens (including phenoxy) is 2. The fraction of sp³-hybridized carbons (Fsp3) is 0.296. The predicted octanol–water partition coefficient (Wildman–Crippen LogP) is 4.28. The third-order valence-electron chi connectivity index (χ3n) is 6.01. The van der Waals surface area contributed by atoms with E-state index in [-0.39, 0.29) is 18.9 Å². The zero-order chi connectivity index (χ0) is 26.2. The molecular formula is C27H27N3O7. The van der Waals surface area contributed by atoms with Crippen LogP contribution in [0.4, 0.5) is 5.69 Å². The summed E-state index contributed by atoms with van der Waals surface area (Å²) >= 11 is 0. The van der Waals surface area contributed by atoms with Crippen LogP contribution < -0.4 is 10.1 Å². The van der Waals surface area contributed by atoms with Crippen LogP contribution in [0.2, 0.25) is 0 Å². The van der Waals surface area contributed by atoms with Crippen molar-refractivity contribution in [3.63, 3.8) is 0 Å². The number of carbonyl (C=O) groups excluding carboxylic acids is 2. The first kappa shape index (κ1) is 25.8. The zero-order valence-corrected chi connectivity index (χ0v) is 20.3. The smallest absolute Gasteiger partial charge is 0.313 e. The Morgan fingerprint density at radius 2 is 1.95 bits per heavy atom. The van der Waals surface area contributed by atoms with E-state index in [1.807, 2.05) is 18.2 Å². The molecule has 1 N–H and O–H groups in total. The van der Waals surface area contributed by atoms with Crippen LogP contribution in [0, 0.1) is 10.1 Å². The average Bonchev–Trinajstić information content (AvgIpc) is 2.89. The highest BCUT2D eigenvalue weighted by Crippen LogP contribution is 2.28. The number of pyridine rings is 1. The number of amides is 1. The molecule has 3 aromatic rings. The van der Waals surface area contributed by atoms with Gasteiger partial charge in [-0.25, -0.2) is 0 Å². The van der Waals surface area contributed by atoms with Crippen molar-refractivity contribution in [1.29, 1.82) is 0 Å². The van der Waals surface area contributed by atoms with Gasteiger partial charge in [0.05, 0.1) is 23.7 Å². The van der Waals surface area contributed by atoms with E-state index < -0.39 is 17.2 Å². The number of hydrogen-bond acceptors (Lipinski definition) is 8. The molecule has 2 aromatic carbocycles. The Balaban J connectivity index is 1.34. The summed E-state index contributed by atoms with van der Waals surface area (Å²) in [6.45, 7) is -0.374. The maximum absolute atomic E-state index is 12.6. The summed E-state index contributed by atoms with van der Waals surface area (Å²) in [4.78, 5) is 44.0. The number of methoxy groups -OCH3 is 1. The third-order valence-corrected chi connectivity index (χ3v) is 6.01. The lowest BCUT2D eigenvalue weighted by Gasteiger charge is -2.16. The summed E-state index contributed by atoms with van der Waals surface area (Å²) in [5.41, 5.74) is 4.59. The van der Waals surface area contributed by atoms with Crippen LogP contribution in [0.1, 0.15) is 36.1 Å². The SMILES string of the molecule is COC(CO[N+](=O)[O-])CC(=O)Oc1ccc(/C=C/C(=O)Nc2cccc3cc4c(nc23)CCCC4)cc1. The zero-order valence-electron chi connectivity index (χ0n) is 20.3. The molecule has 37 heavy (non-hydrogen) atoms. The number of rotatable bonds is 10. The Morgan fingerprint density at radius 3 is 2.70 bits per heavy atom. The Kier molecular flexibility index (Phi) is 8.42. The lowest BCUT2D eigenvalue weighted by molar-refractivity contribution is -0.759. The molecule has 1 aliphatic rings. The fourth-order valence-corrected chi connectivity index (χ4v) is 4.13. The van der Waals surface area contributed by atoms with Crippen LogP contribution in [0.5, 0.6) is 5.75 Å². The van der Waals surface area contributed by atoms with E-state index in [2.05, 4.69) is 16.2 Å². The second kappa shape index (κ2) is 12.1. The minimum absolute atomic E-state index is 0.210. The third kappa shape index (κ3) is 7.11. The molecule has 0 fully saturated rings. The van der Waals surface area contributed by atoms with Crippen molar-refractivity contribution in [2.75, 3.05) is 19.0 Å². The Hall–Kier alpha value is -4.31. The minimum atomic E-state index is -0.949. The van der Waals surface area contributed by atoms with Gasteiger partial charge in [0.2, 0.25) is 5.91 Å². The normalized spacial score (nSPS) is 13.6. The lowest BCUT2D eigenvalue weighted by atomic mass is 9.94. The standard InChI is InChI=1S/C27H27N3O7/c1-35-22(17-36-30(33)34)16-26(32)37-21-12-9-18(10-13-21)11-14-25(31)28-24-8-4-6-20-15-19-5-2-3-7-23(19)29-27(20)24/h4,6,8-15,22H,2-3,5,7,16-17H2,1H3,(H,28,31)/b14-11+. The van der Waals surface area contributed by atoms with Crippen LogP contribution in [0.3, 0.4) is 0 Å². The number of esters is 1. The van der Waals surface area contributed by atoms with Gasteiger partial charge in [0.1, 0.15) is 12.4 Å². The van der Waals surface area contributed by atoms with E-state index in [4.69, 9.17) is 14.5 Å². The van der Waals surface area contributed by atoms with Crippen LogP contribution >= 0.6 is 0 Å². The van der Waals surface area contributed by atoms with Gasteiger partial charge in [0, 0.05) is 24.3 Å². The molecule has 1 heterocycles. The molecule has 1 aliphatic carbocycles. The molecule has 0 saturated heterocycles. The van der Waals surface area contributed by atoms with Gasteiger partial charge in [0.25, 0.3) is 5.09 Å². The minimum Gasteiger partial charge on any atom is -0.426 e. The first-order chi connectivity index (χ1) is 17.9. The molecule has 4 rings (SSSR count). The summed E-state index contributed by atoms with van der Waals surface area (Å²) in [5.74, 6) is -0.613. The molecule has 0 radical (unpaired) electrons. The number of para-hydroxylation sites is 1. The van der Waals surface area contributed by atoms with Gasteiger partial charge in [-0.05, 0) is 67.2 Å². The number of aryl methyl sites for hydroxylation is 2. The molecule has 1 unspecified atom stereocenters. The van der Waals surface area contributed by atoms with E-state index in [0.717, 1.165) is 41.4 Å². The van der Waals surface area contributed by atoms with Gasteiger partial charge in [-0.3, -0.25) is 14.6 Å². The van der Waals surface area contributed by atoms with Crippen LogP contribution in [-0.4, -0.2) is 41.8 Å². The molecule has 192 valence electrons. The molecule has 0 bridgehead atoms.